The Bertz CT molecular complexity index is 894. The second kappa shape index (κ2) is 8.44. The summed E-state index contributed by atoms with van der Waals surface area (Å²) in [6.45, 7) is 0. The van der Waals surface area contributed by atoms with E-state index in [1.807, 2.05) is 36.4 Å². The van der Waals surface area contributed by atoms with Crippen molar-refractivity contribution in [2.45, 2.75) is 5.16 Å². The number of hydrogen-bond donors (Lipinski definition) is 1. The van der Waals surface area contributed by atoms with Crippen molar-refractivity contribution in [2.75, 3.05) is 25.8 Å². The lowest BCUT2D eigenvalue weighted by molar-refractivity contribution is 0.355. The summed E-state index contributed by atoms with van der Waals surface area (Å²) in [6, 6.07) is 15.7. The van der Waals surface area contributed by atoms with E-state index < -0.39 is 0 Å². The summed E-state index contributed by atoms with van der Waals surface area (Å²) in [5.41, 5.74) is 1.97. The monoisotopic (exact) mass is 368 g/mol. The zero-order valence-corrected chi connectivity index (χ0v) is 15.4. The van der Waals surface area contributed by atoms with E-state index in [1.54, 1.807) is 14.2 Å². The van der Waals surface area contributed by atoms with Crippen molar-refractivity contribution >= 4 is 17.8 Å². The number of nitrogens with zero attached hydrogens (tertiary/aromatic N) is 3. The normalized spacial score (nSPS) is 11.0. The second-order valence-electron chi connectivity index (χ2n) is 5.37. The highest BCUT2D eigenvalue weighted by Gasteiger charge is 2.14. The first kappa shape index (κ1) is 17.9. The van der Waals surface area contributed by atoms with Gasteiger partial charge in [-0.15, -0.1) is 10.2 Å². The van der Waals surface area contributed by atoms with E-state index in [9.17, 15) is 0 Å². The molecule has 0 fully saturated rings. The van der Waals surface area contributed by atoms with Crippen LogP contribution in [0.4, 0.5) is 0 Å². The van der Waals surface area contributed by atoms with E-state index in [4.69, 9.17) is 15.3 Å². The minimum Gasteiger partial charge on any atom is -0.493 e. The molecule has 0 atom stereocenters. The molecule has 0 saturated heterocycles. The predicted octanol–water partition coefficient (Wildman–Crippen LogP) is 3.48. The van der Waals surface area contributed by atoms with Crippen LogP contribution in [0.25, 0.3) is 17.5 Å². The summed E-state index contributed by atoms with van der Waals surface area (Å²) in [5, 5.41) is 9.03. The third-order valence-corrected chi connectivity index (χ3v) is 4.62. The Morgan fingerprint density at radius 2 is 1.81 bits per heavy atom. The lowest BCUT2D eigenvalue weighted by Gasteiger charge is -2.09. The lowest BCUT2D eigenvalue weighted by Crippen LogP contribution is -2.11. The zero-order valence-electron chi connectivity index (χ0n) is 14.6. The fourth-order valence-electron chi connectivity index (χ4n) is 2.42. The Labute approximate surface area is 156 Å². The van der Waals surface area contributed by atoms with Crippen molar-refractivity contribution in [1.29, 1.82) is 0 Å². The molecule has 0 spiro atoms. The molecule has 2 N–H and O–H groups in total. The van der Waals surface area contributed by atoms with E-state index in [0.29, 0.717) is 22.5 Å². The van der Waals surface area contributed by atoms with Gasteiger partial charge in [0.1, 0.15) is 0 Å². The fraction of sp³-hybridized carbons (Fsp3) is 0.158. The number of aromatic nitrogens is 3. The van der Waals surface area contributed by atoms with Crippen LogP contribution in [0.1, 0.15) is 5.56 Å². The van der Waals surface area contributed by atoms with Crippen LogP contribution in [-0.4, -0.2) is 34.8 Å². The number of hydrogen-bond acceptors (Lipinski definition) is 6. The molecule has 2 aromatic carbocycles. The molecule has 134 valence electrons. The Morgan fingerprint density at radius 3 is 2.54 bits per heavy atom. The van der Waals surface area contributed by atoms with Crippen molar-refractivity contribution in [1.82, 2.24) is 14.9 Å². The smallest absolute Gasteiger partial charge is 0.210 e. The van der Waals surface area contributed by atoms with Crippen LogP contribution in [0.15, 0.2) is 59.8 Å². The summed E-state index contributed by atoms with van der Waals surface area (Å²) >= 11 is 1.52. The first-order chi connectivity index (χ1) is 12.7. The van der Waals surface area contributed by atoms with Gasteiger partial charge < -0.3 is 15.3 Å². The Hall–Kier alpha value is -2.93. The third kappa shape index (κ3) is 4.00. The predicted molar refractivity (Wildman–Crippen MR) is 105 cm³/mol. The number of nitrogen functional groups attached to an aromatic ring is 1. The highest BCUT2D eigenvalue weighted by Crippen LogP contribution is 2.32. The molecule has 6 nitrogen and oxygen atoms in total. The number of rotatable bonds is 7. The molecule has 0 radical (unpaired) electrons. The van der Waals surface area contributed by atoms with E-state index in [0.717, 1.165) is 16.9 Å². The summed E-state index contributed by atoms with van der Waals surface area (Å²) in [6.07, 6.45) is 4.14. The quantitative estimate of drug-likeness (QED) is 0.508. The highest BCUT2D eigenvalue weighted by atomic mass is 32.2. The van der Waals surface area contributed by atoms with Gasteiger partial charge in [0.25, 0.3) is 0 Å². The molecule has 1 heterocycles. The number of ether oxygens (including phenoxy) is 2. The van der Waals surface area contributed by atoms with Gasteiger partial charge in [0, 0.05) is 11.3 Å². The number of thioether (sulfide) groups is 1. The van der Waals surface area contributed by atoms with Crippen LogP contribution < -0.4 is 15.3 Å². The first-order valence-corrected chi connectivity index (χ1v) is 8.98. The fourth-order valence-corrected chi connectivity index (χ4v) is 3.08. The van der Waals surface area contributed by atoms with Gasteiger partial charge in [0.2, 0.25) is 5.16 Å². The molecule has 1 aromatic heterocycles. The SMILES string of the molecule is COc1ccc(-c2nnc(SCC=Cc3ccccc3)n2N)cc1OC. The Balaban J connectivity index is 1.71. The molecule has 0 amide bonds. The Morgan fingerprint density at radius 1 is 1.04 bits per heavy atom. The summed E-state index contributed by atoms with van der Waals surface area (Å²) in [5.74, 6) is 8.75. The van der Waals surface area contributed by atoms with Crippen LogP contribution in [0, 0.1) is 0 Å². The van der Waals surface area contributed by atoms with E-state index in [1.165, 1.54) is 16.4 Å². The van der Waals surface area contributed by atoms with Gasteiger partial charge in [0.15, 0.2) is 17.3 Å². The van der Waals surface area contributed by atoms with Gasteiger partial charge >= 0.3 is 0 Å². The van der Waals surface area contributed by atoms with Crippen molar-refractivity contribution < 1.29 is 9.47 Å². The van der Waals surface area contributed by atoms with Crippen molar-refractivity contribution in [3.8, 4) is 22.9 Å². The molecule has 0 aliphatic heterocycles. The van der Waals surface area contributed by atoms with Crippen LogP contribution in [0.3, 0.4) is 0 Å². The van der Waals surface area contributed by atoms with Crippen LogP contribution in [-0.2, 0) is 0 Å². The average molecular weight is 368 g/mol. The van der Waals surface area contributed by atoms with Crippen molar-refractivity contribution in [3.63, 3.8) is 0 Å². The maximum atomic E-state index is 6.17. The molecule has 0 saturated carbocycles. The molecule has 7 heteroatoms. The van der Waals surface area contributed by atoms with Crippen LogP contribution in [0.5, 0.6) is 11.5 Å². The molecular formula is C19H20N4O2S. The summed E-state index contributed by atoms with van der Waals surface area (Å²) in [4.78, 5) is 0. The van der Waals surface area contributed by atoms with Gasteiger partial charge in [0.05, 0.1) is 14.2 Å². The number of benzene rings is 2. The zero-order chi connectivity index (χ0) is 18.4. The minimum absolute atomic E-state index is 0.570. The Kier molecular flexibility index (Phi) is 5.80. The summed E-state index contributed by atoms with van der Waals surface area (Å²) in [7, 11) is 3.19. The molecule has 0 bridgehead atoms. The molecule has 3 aromatic rings. The van der Waals surface area contributed by atoms with E-state index in [-0.39, 0.29) is 0 Å². The summed E-state index contributed by atoms with van der Waals surface area (Å²) < 4.78 is 12.1. The van der Waals surface area contributed by atoms with Crippen molar-refractivity contribution in [3.05, 3.63) is 60.2 Å². The van der Waals surface area contributed by atoms with E-state index in [2.05, 4.69) is 34.5 Å². The van der Waals surface area contributed by atoms with Gasteiger partial charge in [-0.05, 0) is 23.8 Å². The van der Waals surface area contributed by atoms with Gasteiger partial charge in [-0.2, -0.15) is 0 Å². The highest BCUT2D eigenvalue weighted by molar-refractivity contribution is 7.99. The molecule has 26 heavy (non-hydrogen) atoms. The largest absolute Gasteiger partial charge is 0.493 e. The maximum Gasteiger partial charge on any atom is 0.210 e. The van der Waals surface area contributed by atoms with Crippen LogP contribution >= 0.6 is 11.8 Å². The molecule has 0 aliphatic carbocycles. The number of methoxy groups -OCH3 is 2. The number of nitrogens with two attached hydrogens (primary N) is 1. The topological polar surface area (TPSA) is 75.2 Å². The molecular weight excluding hydrogens is 348 g/mol. The minimum atomic E-state index is 0.570. The van der Waals surface area contributed by atoms with Gasteiger partial charge in [-0.3, -0.25) is 0 Å². The second-order valence-corrected chi connectivity index (χ2v) is 6.36. The van der Waals surface area contributed by atoms with E-state index >= 15 is 0 Å². The molecule has 0 unspecified atom stereocenters. The molecule has 3 rings (SSSR count). The molecule has 0 aliphatic rings. The lowest BCUT2D eigenvalue weighted by atomic mass is 10.2. The third-order valence-electron chi connectivity index (χ3n) is 3.72. The van der Waals surface area contributed by atoms with Gasteiger partial charge in [-0.25, -0.2) is 4.68 Å². The standard InChI is InChI=1S/C19H20N4O2S/c1-24-16-11-10-15(13-17(16)25-2)18-21-22-19(23(18)20)26-12-6-9-14-7-4-3-5-8-14/h3-11,13H,12,20H2,1-2H3. The maximum absolute atomic E-state index is 6.17. The van der Waals surface area contributed by atoms with Crippen LogP contribution in [0.2, 0.25) is 0 Å². The first-order valence-electron chi connectivity index (χ1n) is 8.00. The average Bonchev–Trinajstić information content (AvgIpc) is 3.06. The van der Waals surface area contributed by atoms with Gasteiger partial charge in [-0.1, -0.05) is 54.2 Å². The van der Waals surface area contributed by atoms with Crippen molar-refractivity contribution in [2.24, 2.45) is 0 Å².